The van der Waals surface area contributed by atoms with Gasteiger partial charge < -0.3 is 10.0 Å². The van der Waals surface area contributed by atoms with E-state index in [4.69, 9.17) is 11.6 Å². The summed E-state index contributed by atoms with van der Waals surface area (Å²) < 4.78 is 0. The molecule has 2 rings (SSSR count). The topological polar surface area (TPSA) is 23.5 Å². The molecule has 0 saturated carbocycles. The summed E-state index contributed by atoms with van der Waals surface area (Å²) >= 11 is 6.12. The van der Waals surface area contributed by atoms with E-state index in [1.807, 2.05) is 24.3 Å². The summed E-state index contributed by atoms with van der Waals surface area (Å²) in [5.41, 5.74) is 0.851. The molecule has 19 heavy (non-hydrogen) atoms. The van der Waals surface area contributed by atoms with E-state index in [1.165, 1.54) is 12.8 Å². The Kier molecular flexibility index (Phi) is 5.26. The van der Waals surface area contributed by atoms with Crippen molar-refractivity contribution in [3.05, 3.63) is 34.9 Å². The molecule has 2 unspecified atom stereocenters. The summed E-state index contributed by atoms with van der Waals surface area (Å²) in [4.78, 5) is 2.52. The zero-order chi connectivity index (χ0) is 13.8. The van der Waals surface area contributed by atoms with E-state index in [0.717, 1.165) is 25.1 Å². The molecule has 0 amide bonds. The zero-order valence-electron chi connectivity index (χ0n) is 11.8. The Morgan fingerprint density at radius 3 is 2.79 bits per heavy atom. The summed E-state index contributed by atoms with van der Waals surface area (Å²) in [5.74, 6) is 0.694. The van der Waals surface area contributed by atoms with Gasteiger partial charge in [0.2, 0.25) is 0 Å². The molecular formula is C16H24ClNO. The number of halogens is 1. The largest absolute Gasteiger partial charge is 0.388 e. The average Bonchev–Trinajstić information content (AvgIpc) is 2.85. The first-order valence-corrected chi connectivity index (χ1v) is 7.64. The molecule has 0 aliphatic carbocycles. The van der Waals surface area contributed by atoms with Crippen LogP contribution in [0.5, 0.6) is 0 Å². The van der Waals surface area contributed by atoms with E-state index in [9.17, 15) is 5.11 Å². The number of likely N-dealkylation sites (tertiary alicyclic amines) is 1. The summed E-state index contributed by atoms with van der Waals surface area (Å²) in [6.07, 6.45) is 2.87. The van der Waals surface area contributed by atoms with Gasteiger partial charge in [0.05, 0.1) is 6.10 Å². The summed E-state index contributed by atoms with van der Waals surface area (Å²) in [5, 5.41) is 10.9. The maximum Gasteiger partial charge on any atom is 0.0816 e. The van der Waals surface area contributed by atoms with Crippen LogP contribution in [0.2, 0.25) is 5.02 Å². The van der Waals surface area contributed by atoms with Crippen molar-refractivity contribution in [2.75, 3.05) is 13.1 Å². The van der Waals surface area contributed by atoms with Crippen molar-refractivity contribution in [2.24, 2.45) is 5.92 Å². The van der Waals surface area contributed by atoms with Crippen molar-refractivity contribution >= 4 is 11.6 Å². The van der Waals surface area contributed by atoms with Gasteiger partial charge in [0.25, 0.3) is 0 Å². The van der Waals surface area contributed by atoms with Gasteiger partial charge in [-0.05, 0) is 43.4 Å². The molecule has 0 spiro atoms. The lowest BCUT2D eigenvalue weighted by atomic mass is 10.0. The van der Waals surface area contributed by atoms with Crippen LogP contribution in [-0.2, 0) is 0 Å². The van der Waals surface area contributed by atoms with Crippen LogP contribution in [0.4, 0.5) is 0 Å². The zero-order valence-corrected chi connectivity index (χ0v) is 12.6. The van der Waals surface area contributed by atoms with Crippen LogP contribution in [0, 0.1) is 5.92 Å². The van der Waals surface area contributed by atoms with Gasteiger partial charge in [0, 0.05) is 17.6 Å². The second-order valence-electron chi connectivity index (χ2n) is 5.82. The lowest BCUT2D eigenvalue weighted by Gasteiger charge is -2.28. The summed E-state index contributed by atoms with van der Waals surface area (Å²) in [7, 11) is 0. The summed E-state index contributed by atoms with van der Waals surface area (Å²) in [6, 6.07) is 8.26. The fraction of sp³-hybridized carbons (Fsp3) is 0.625. The molecule has 0 radical (unpaired) electrons. The minimum Gasteiger partial charge on any atom is -0.388 e. The molecule has 1 heterocycles. The molecule has 0 bridgehead atoms. The third kappa shape index (κ3) is 3.71. The van der Waals surface area contributed by atoms with E-state index in [2.05, 4.69) is 18.7 Å². The van der Waals surface area contributed by atoms with Crippen LogP contribution in [0.25, 0.3) is 0 Å². The second kappa shape index (κ2) is 6.74. The monoisotopic (exact) mass is 281 g/mol. The first-order valence-electron chi connectivity index (χ1n) is 7.26. The number of hydrogen-bond donors (Lipinski definition) is 1. The van der Waals surface area contributed by atoms with Crippen LogP contribution >= 0.6 is 11.6 Å². The van der Waals surface area contributed by atoms with E-state index < -0.39 is 6.10 Å². The van der Waals surface area contributed by atoms with E-state index in [-0.39, 0.29) is 0 Å². The quantitative estimate of drug-likeness (QED) is 0.885. The molecule has 0 aromatic heterocycles. The van der Waals surface area contributed by atoms with E-state index in [1.54, 1.807) is 0 Å². The highest BCUT2D eigenvalue weighted by atomic mass is 35.5. The molecule has 106 valence electrons. The van der Waals surface area contributed by atoms with Crippen LogP contribution in [0.15, 0.2) is 24.3 Å². The Bertz CT molecular complexity index is 407. The lowest BCUT2D eigenvalue weighted by Crippen LogP contribution is -2.34. The molecule has 2 atom stereocenters. The van der Waals surface area contributed by atoms with Gasteiger partial charge in [-0.25, -0.2) is 0 Å². The standard InChI is InChI=1S/C16H24ClNO/c1-12(2)15-8-5-10-18(15)11-9-16(19)13-6-3-4-7-14(13)17/h3-4,6-7,12,15-16,19H,5,8-11H2,1-2H3. The van der Waals surface area contributed by atoms with Crippen molar-refractivity contribution < 1.29 is 5.11 Å². The number of hydrogen-bond acceptors (Lipinski definition) is 2. The number of nitrogens with zero attached hydrogens (tertiary/aromatic N) is 1. The minimum absolute atomic E-state index is 0.456. The predicted molar refractivity (Wildman–Crippen MR) is 80.5 cm³/mol. The Hall–Kier alpha value is -0.570. The van der Waals surface area contributed by atoms with Crippen LogP contribution < -0.4 is 0 Å². The highest BCUT2D eigenvalue weighted by Crippen LogP contribution is 2.28. The Balaban J connectivity index is 1.90. The lowest BCUT2D eigenvalue weighted by molar-refractivity contribution is 0.128. The molecule has 1 fully saturated rings. The molecule has 1 aliphatic rings. The number of aliphatic hydroxyl groups excluding tert-OH is 1. The fourth-order valence-corrected chi connectivity index (χ4v) is 3.34. The fourth-order valence-electron chi connectivity index (χ4n) is 3.07. The van der Waals surface area contributed by atoms with Gasteiger partial charge in [0.15, 0.2) is 0 Å². The van der Waals surface area contributed by atoms with Crippen molar-refractivity contribution in [2.45, 2.75) is 45.3 Å². The van der Waals surface area contributed by atoms with Crippen LogP contribution in [-0.4, -0.2) is 29.1 Å². The SMILES string of the molecule is CC(C)C1CCCN1CCC(O)c1ccccc1Cl. The smallest absolute Gasteiger partial charge is 0.0816 e. The first kappa shape index (κ1) is 14.8. The normalized spacial score (nSPS) is 22.1. The Morgan fingerprint density at radius 1 is 1.37 bits per heavy atom. The number of aliphatic hydroxyl groups is 1. The van der Waals surface area contributed by atoms with Gasteiger partial charge in [-0.3, -0.25) is 0 Å². The van der Waals surface area contributed by atoms with Crippen LogP contribution in [0.3, 0.4) is 0 Å². The Labute approximate surface area is 121 Å². The minimum atomic E-state index is -0.456. The highest BCUT2D eigenvalue weighted by Gasteiger charge is 2.27. The van der Waals surface area contributed by atoms with Gasteiger partial charge in [-0.15, -0.1) is 0 Å². The molecule has 1 saturated heterocycles. The predicted octanol–water partition coefficient (Wildman–Crippen LogP) is 3.88. The molecular weight excluding hydrogens is 258 g/mol. The third-order valence-corrected chi connectivity index (χ3v) is 4.48. The van der Waals surface area contributed by atoms with Crippen molar-refractivity contribution in [1.29, 1.82) is 0 Å². The van der Waals surface area contributed by atoms with E-state index >= 15 is 0 Å². The molecule has 2 nitrogen and oxygen atoms in total. The molecule has 3 heteroatoms. The average molecular weight is 282 g/mol. The van der Waals surface area contributed by atoms with Crippen molar-refractivity contribution in [3.63, 3.8) is 0 Å². The maximum absolute atomic E-state index is 10.3. The highest BCUT2D eigenvalue weighted by molar-refractivity contribution is 6.31. The second-order valence-corrected chi connectivity index (χ2v) is 6.22. The van der Waals surface area contributed by atoms with Crippen molar-refractivity contribution in [3.8, 4) is 0 Å². The molecule has 1 aromatic rings. The van der Waals surface area contributed by atoms with Crippen LogP contribution in [0.1, 0.15) is 44.8 Å². The van der Waals surface area contributed by atoms with Gasteiger partial charge in [-0.1, -0.05) is 43.6 Å². The number of rotatable bonds is 5. The Morgan fingerprint density at radius 2 is 2.11 bits per heavy atom. The number of benzene rings is 1. The molecule has 1 aliphatic heterocycles. The van der Waals surface area contributed by atoms with Gasteiger partial charge in [-0.2, -0.15) is 0 Å². The molecule has 1 N–H and O–H groups in total. The maximum atomic E-state index is 10.3. The van der Waals surface area contributed by atoms with Gasteiger partial charge in [0.1, 0.15) is 0 Å². The first-order chi connectivity index (χ1) is 9.09. The molecule has 1 aromatic carbocycles. The van der Waals surface area contributed by atoms with Crippen molar-refractivity contribution in [1.82, 2.24) is 4.90 Å². The van der Waals surface area contributed by atoms with Gasteiger partial charge >= 0.3 is 0 Å². The van der Waals surface area contributed by atoms with E-state index in [0.29, 0.717) is 17.0 Å². The third-order valence-electron chi connectivity index (χ3n) is 4.14. The summed E-state index contributed by atoms with van der Waals surface area (Å²) in [6.45, 7) is 6.69.